The van der Waals surface area contributed by atoms with E-state index in [0.717, 1.165) is 17.2 Å². The van der Waals surface area contributed by atoms with Gasteiger partial charge >= 0.3 is 0 Å². The van der Waals surface area contributed by atoms with Crippen molar-refractivity contribution < 1.29 is 0 Å². The highest BCUT2D eigenvalue weighted by atomic mass is 15.3. The van der Waals surface area contributed by atoms with Crippen LogP contribution in [-0.4, -0.2) is 14.8 Å². The third kappa shape index (κ3) is 3.20. The molecule has 0 spiro atoms. The Morgan fingerprint density at radius 2 is 1.84 bits per heavy atom. The van der Waals surface area contributed by atoms with Crippen molar-refractivity contribution in [1.82, 2.24) is 14.8 Å². The lowest BCUT2D eigenvalue weighted by molar-refractivity contribution is 0.538. The highest BCUT2D eigenvalue weighted by Crippen LogP contribution is 2.20. The van der Waals surface area contributed by atoms with Gasteiger partial charge in [-0.25, -0.2) is 4.98 Å². The fourth-order valence-electron chi connectivity index (χ4n) is 1.93. The summed E-state index contributed by atoms with van der Waals surface area (Å²) in [4.78, 5) is 4.62. The Morgan fingerprint density at radius 3 is 2.37 bits per heavy atom. The van der Waals surface area contributed by atoms with E-state index in [0.29, 0.717) is 6.42 Å². The monoisotopic (exact) mass is 258 g/mol. The van der Waals surface area contributed by atoms with Gasteiger partial charge in [-0.15, -0.1) is 0 Å². The lowest BCUT2D eigenvalue weighted by Gasteiger charge is -2.12. The summed E-state index contributed by atoms with van der Waals surface area (Å²) in [7, 11) is 1.93. The molecule has 0 aliphatic rings. The van der Waals surface area contributed by atoms with Crippen LogP contribution in [0.2, 0.25) is 0 Å². The number of benzene rings is 1. The first-order valence-electron chi connectivity index (χ1n) is 6.59. The number of aryl methyl sites for hydroxylation is 1. The third-order valence-corrected chi connectivity index (χ3v) is 3.15. The van der Waals surface area contributed by atoms with Gasteiger partial charge in [0.25, 0.3) is 0 Å². The molecule has 19 heavy (non-hydrogen) atoms. The summed E-state index contributed by atoms with van der Waals surface area (Å²) in [6.07, 6.45) is 0.698. The van der Waals surface area contributed by atoms with Crippen molar-refractivity contribution in [1.29, 1.82) is 0 Å². The molecule has 0 saturated carbocycles. The Morgan fingerprint density at radius 1 is 1.21 bits per heavy atom. The van der Waals surface area contributed by atoms with E-state index < -0.39 is 0 Å². The molecule has 2 N–H and O–H groups in total. The van der Waals surface area contributed by atoms with Gasteiger partial charge in [0, 0.05) is 24.9 Å². The zero-order valence-corrected chi connectivity index (χ0v) is 12.1. The van der Waals surface area contributed by atoms with Crippen LogP contribution in [0.3, 0.4) is 0 Å². The quantitative estimate of drug-likeness (QED) is 0.919. The Labute approximate surface area is 114 Å². The Bertz CT molecular complexity index is 537. The zero-order valence-electron chi connectivity index (χ0n) is 12.1. The van der Waals surface area contributed by atoms with E-state index in [1.807, 2.05) is 42.1 Å². The van der Waals surface area contributed by atoms with Gasteiger partial charge in [0.15, 0.2) is 5.82 Å². The molecular formula is C15H22N4. The molecule has 1 heterocycles. The normalized spacial score (nSPS) is 13.5. The van der Waals surface area contributed by atoms with Gasteiger partial charge in [0.1, 0.15) is 5.82 Å². The van der Waals surface area contributed by atoms with Crippen molar-refractivity contribution in [2.75, 3.05) is 0 Å². The van der Waals surface area contributed by atoms with Gasteiger partial charge in [-0.3, -0.25) is 4.68 Å². The van der Waals surface area contributed by atoms with Crippen molar-refractivity contribution in [2.45, 2.75) is 38.6 Å². The first kappa shape index (κ1) is 13.7. The van der Waals surface area contributed by atoms with Crippen LogP contribution in [0.1, 0.15) is 44.0 Å². The Balaban J connectivity index is 2.18. The van der Waals surface area contributed by atoms with Gasteiger partial charge in [0.05, 0.1) is 0 Å². The summed E-state index contributed by atoms with van der Waals surface area (Å²) in [6, 6.07) is 10.1. The van der Waals surface area contributed by atoms with Crippen LogP contribution in [0.4, 0.5) is 0 Å². The van der Waals surface area contributed by atoms with E-state index >= 15 is 0 Å². The van der Waals surface area contributed by atoms with E-state index in [4.69, 9.17) is 5.73 Å². The summed E-state index contributed by atoms with van der Waals surface area (Å²) in [5, 5.41) is 4.48. The molecule has 0 amide bonds. The minimum Gasteiger partial charge on any atom is -0.324 e. The molecule has 4 nitrogen and oxygen atoms in total. The number of rotatable bonds is 3. The molecule has 0 aliphatic heterocycles. The molecule has 4 heteroatoms. The molecule has 0 radical (unpaired) electrons. The molecule has 2 aromatic rings. The molecular weight excluding hydrogens is 236 g/mol. The standard InChI is InChI=1S/C15H22N4/c1-15(2,3)14-17-13(19(4)18-14)10-12(16)11-8-6-5-7-9-11/h5-9,12H,10,16H2,1-4H3. The minimum absolute atomic E-state index is 0.0349. The molecule has 0 saturated heterocycles. The van der Waals surface area contributed by atoms with Crippen LogP contribution < -0.4 is 5.73 Å². The average molecular weight is 258 g/mol. The Kier molecular flexibility index (Phi) is 3.71. The van der Waals surface area contributed by atoms with Crippen LogP contribution >= 0.6 is 0 Å². The molecule has 1 atom stereocenters. The second-order valence-corrected chi connectivity index (χ2v) is 5.95. The SMILES string of the molecule is Cn1nc(C(C)(C)C)nc1CC(N)c1ccccc1. The molecule has 0 aliphatic carbocycles. The van der Waals surface area contributed by atoms with Crippen molar-refractivity contribution in [3.8, 4) is 0 Å². The van der Waals surface area contributed by atoms with E-state index in [-0.39, 0.29) is 11.5 Å². The molecule has 0 fully saturated rings. The van der Waals surface area contributed by atoms with Crippen LogP contribution in [0.5, 0.6) is 0 Å². The van der Waals surface area contributed by atoms with Crippen molar-refractivity contribution in [3.63, 3.8) is 0 Å². The second kappa shape index (κ2) is 5.13. The number of nitrogens with two attached hydrogens (primary N) is 1. The number of hydrogen-bond donors (Lipinski definition) is 1. The van der Waals surface area contributed by atoms with Crippen LogP contribution in [0.25, 0.3) is 0 Å². The highest BCUT2D eigenvalue weighted by Gasteiger charge is 2.21. The van der Waals surface area contributed by atoms with Gasteiger partial charge in [-0.05, 0) is 5.56 Å². The second-order valence-electron chi connectivity index (χ2n) is 5.95. The number of hydrogen-bond acceptors (Lipinski definition) is 3. The topological polar surface area (TPSA) is 56.7 Å². The number of aromatic nitrogens is 3. The summed E-state index contributed by atoms with van der Waals surface area (Å²) in [6.45, 7) is 6.34. The van der Waals surface area contributed by atoms with Gasteiger partial charge in [-0.2, -0.15) is 5.10 Å². The maximum absolute atomic E-state index is 6.23. The largest absolute Gasteiger partial charge is 0.324 e. The highest BCUT2D eigenvalue weighted by molar-refractivity contribution is 5.19. The first-order chi connectivity index (χ1) is 8.88. The number of nitrogens with zero attached hydrogens (tertiary/aromatic N) is 3. The molecule has 1 aromatic carbocycles. The summed E-state index contributed by atoms with van der Waals surface area (Å²) in [5.41, 5.74) is 7.33. The molecule has 1 unspecified atom stereocenters. The van der Waals surface area contributed by atoms with Crippen LogP contribution in [0.15, 0.2) is 30.3 Å². The van der Waals surface area contributed by atoms with Crippen LogP contribution in [-0.2, 0) is 18.9 Å². The fraction of sp³-hybridized carbons (Fsp3) is 0.467. The third-order valence-electron chi connectivity index (χ3n) is 3.15. The minimum atomic E-state index is -0.0445. The van der Waals surface area contributed by atoms with Gasteiger partial charge in [0.2, 0.25) is 0 Å². The summed E-state index contributed by atoms with van der Waals surface area (Å²) < 4.78 is 1.84. The lowest BCUT2D eigenvalue weighted by Crippen LogP contribution is -2.16. The summed E-state index contributed by atoms with van der Waals surface area (Å²) >= 11 is 0. The lowest BCUT2D eigenvalue weighted by atomic mass is 9.96. The van der Waals surface area contributed by atoms with Crippen LogP contribution in [0, 0.1) is 0 Å². The van der Waals surface area contributed by atoms with Crippen molar-refractivity contribution >= 4 is 0 Å². The molecule has 2 rings (SSSR count). The van der Waals surface area contributed by atoms with E-state index in [1.54, 1.807) is 0 Å². The molecule has 0 bridgehead atoms. The predicted octanol–water partition coefficient (Wildman–Crippen LogP) is 2.36. The predicted molar refractivity (Wildman–Crippen MR) is 76.8 cm³/mol. The molecule has 1 aromatic heterocycles. The fourth-order valence-corrected chi connectivity index (χ4v) is 1.93. The average Bonchev–Trinajstić information content (AvgIpc) is 2.72. The van der Waals surface area contributed by atoms with E-state index in [1.165, 1.54) is 0 Å². The van der Waals surface area contributed by atoms with Crippen molar-refractivity contribution in [2.24, 2.45) is 12.8 Å². The first-order valence-corrected chi connectivity index (χ1v) is 6.59. The summed E-state index contributed by atoms with van der Waals surface area (Å²) in [5.74, 6) is 1.80. The maximum atomic E-state index is 6.23. The van der Waals surface area contributed by atoms with E-state index in [2.05, 4.69) is 30.9 Å². The Hall–Kier alpha value is -1.68. The maximum Gasteiger partial charge on any atom is 0.156 e. The van der Waals surface area contributed by atoms with Gasteiger partial charge < -0.3 is 5.73 Å². The van der Waals surface area contributed by atoms with Gasteiger partial charge in [-0.1, -0.05) is 51.1 Å². The molecule has 102 valence electrons. The zero-order chi connectivity index (χ0) is 14.0. The van der Waals surface area contributed by atoms with Crippen molar-refractivity contribution in [3.05, 3.63) is 47.5 Å². The smallest absolute Gasteiger partial charge is 0.156 e. The van der Waals surface area contributed by atoms with E-state index in [9.17, 15) is 0 Å².